The van der Waals surface area contributed by atoms with E-state index in [0.29, 0.717) is 5.52 Å². The quantitative estimate of drug-likeness (QED) is 0.879. The maximum atomic E-state index is 12.8. The third kappa shape index (κ3) is 2.79. The molecule has 1 atom stereocenters. The Kier molecular flexibility index (Phi) is 3.76. The fraction of sp³-hybridized carbons (Fsp3) is 0.250. The monoisotopic (exact) mass is 301 g/mol. The summed E-state index contributed by atoms with van der Waals surface area (Å²) in [4.78, 5) is 15.3. The van der Waals surface area contributed by atoms with Crippen molar-refractivity contribution >= 4 is 28.1 Å². The summed E-state index contributed by atoms with van der Waals surface area (Å²) in [5.41, 5.74) is 4.98. The summed E-state index contributed by atoms with van der Waals surface area (Å²) < 4.78 is 39.3. The summed E-state index contributed by atoms with van der Waals surface area (Å²) in [6.07, 6.45) is -3.53. The molecule has 0 saturated heterocycles. The molecule has 2 N–H and O–H groups in total. The van der Waals surface area contributed by atoms with Crippen LogP contribution >= 0.6 is 12.2 Å². The Hall–Kier alpha value is -1.96. The van der Waals surface area contributed by atoms with Crippen molar-refractivity contribution in [3.63, 3.8) is 0 Å². The first-order chi connectivity index (χ1) is 9.30. The fourth-order valence-corrected chi connectivity index (χ4v) is 2.00. The SMILES string of the molecule is NC(=S)C(Cn1cnc2ccccc2c1=O)C(F)(F)F. The van der Waals surface area contributed by atoms with E-state index in [1.54, 1.807) is 18.2 Å². The Morgan fingerprint density at radius 2 is 2.05 bits per heavy atom. The molecule has 0 fully saturated rings. The number of hydrogen-bond acceptors (Lipinski definition) is 3. The molecule has 1 heterocycles. The van der Waals surface area contributed by atoms with Crippen molar-refractivity contribution in [2.45, 2.75) is 12.7 Å². The van der Waals surface area contributed by atoms with Crippen LogP contribution in [0.5, 0.6) is 0 Å². The van der Waals surface area contributed by atoms with Crippen LogP contribution in [0.2, 0.25) is 0 Å². The van der Waals surface area contributed by atoms with E-state index in [4.69, 9.17) is 5.73 Å². The minimum absolute atomic E-state index is 0.249. The second-order valence-corrected chi connectivity index (χ2v) is 4.69. The predicted octanol–water partition coefficient (Wildman–Crippen LogP) is 1.86. The maximum absolute atomic E-state index is 12.8. The number of para-hydroxylation sites is 1. The second-order valence-electron chi connectivity index (χ2n) is 4.22. The number of rotatable bonds is 3. The zero-order valence-electron chi connectivity index (χ0n) is 10.1. The molecule has 0 aliphatic rings. The van der Waals surface area contributed by atoms with Gasteiger partial charge in [-0.2, -0.15) is 13.2 Å². The van der Waals surface area contributed by atoms with Crippen molar-refractivity contribution in [1.82, 2.24) is 9.55 Å². The lowest BCUT2D eigenvalue weighted by Crippen LogP contribution is -2.39. The van der Waals surface area contributed by atoms with Crippen molar-refractivity contribution < 1.29 is 13.2 Å². The van der Waals surface area contributed by atoms with Gasteiger partial charge in [0, 0.05) is 6.54 Å². The van der Waals surface area contributed by atoms with Crippen LogP contribution in [0.1, 0.15) is 0 Å². The molecule has 0 amide bonds. The van der Waals surface area contributed by atoms with Crippen molar-refractivity contribution in [3.05, 3.63) is 40.9 Å². The van der Waals surface area contributed by atoms with Gasteiger partial charge in [0.15, 0.2) is 0 Å². The Balaban J connectivity index is 2.46. The molecule has 1 unspecified atom stereocenters. The first-order valence-corrected chi connectivity index (χ1v) is 6.01. The van der Waals surface area contributed by atoms with Crippen molar-refractivity contribution in [2.24, 2.45) is 11.7 Å². The van der Waals surface area contributed by atoms with Gasteiger partial charge in [-0.05, 0) is 12.1 Å². The highest BCUT2D eigenvalue weighted by Gasteiger charge is 2.42. The molecule has 0 radical (unpaired) electrons. The zero-order valence-corrected chi connectivity index (χ0v) is 10.9. The number of aromatic nitrogens is 2. The van der Waals surface area contributed by atoms with E-state index in [1.165, 1.54) is 6.07 Å². The number of benzene rings is 1. The molecular formula is C12H10F3N3OS. The van der Waals surface area contributed by atoms with Gasteiger partial charge in [0.25, 0.3) is 5.56 Å². The number of fused-ring (bicyclic) bond motifs is 1. The lowest BCUT2D eigenvalue weighted by Gasteiger charge is -2.19. The molecule has 20 heavy (non-hydrogen) atoms. The summed E-state index contributed by atoms with van der Waals surface area (Å²) in [5.74, 6) is -2.06. The highest BCUT2D eigenvalue weighted by Crippen LogP contribution is 2.27. The Labute approximate surface area is 117 Å². The molecule has 2 rings (SSSR count). The van der Waals surface area contributed by atoms with E-state index in [1.807, 2.05) is 0 Å². The smallest absolute Gasteiger partial charge is 0.393 e. The number of nitrogens with zero attached hydrogens (tertiary/aromatic N) is 2. The third-order valence-corrected chi connectivity index (χ3v) is 3.13. The average molecular weight is 301 g/mol. The molecule has 106 valence electrons. The van der Waals surface area contributed by atoms with Gasteiger partial charge >= 0.3 is 6.18 Å². The summed E-state index contributed by atoms with van der Waals surface area (Å²) in [7, 11) is 0. The topological polar surface area (TPSA) is 60.9 Å². The van der Waals surface area contributed by atoms with Crippen LogP contribution in [-0.2, 0) is 6.54 Å². The highest BCUT2D eigenvalue weighted by atomic mass is 32.1. The molecule has 1 aromatic heterocycles. The third-order valence-electron chi connectivity index (χ3n) is 2.85. The van der Waals surface area contributed by atoms with Gasteiger partial charge in [-0.1, -0.05) is 24.4 Å². The van der Waals surface area contributed by atoms with E-state index in [-0.39, 0.29) is 5.39 Å². The van der Waals surface area contributed by atoms with Gasteiger partial charge in [-0.15, -0.1) is 0 Å². The number of nitrogens with two attached hydrogens (primary N) is 1. The summed E-state index contributed by atoms with van der Waals surface area (Å²) >= 11 is 4.43. The zero-order chi connectivity index (χ0) is 14.9. The normalized spacial score (nSPS) is 13.3. The molecule has 0 aliphatic heterocycles. The highest BCUT2D eigenvalue weighted by molar-refractivity contribution is 7.80. The Morgan fingerprint density at radius 1 is 1.40 bits per heavy atom. The maximum Gasteiger partial charge on any atom is 0.399 e. The first kappa shape index (κ1) is 14.4. The van der Waals surface area contributed by atoms with E-state index >= 15 is 0 Å². The van der Waals surface area contributed by atoms with Crippen molar-refractivity contribution in [1.29, 1.82) is 0 Å². The molecule has 0 bridgehead atoms. The fourth-order valence-electron chi connectivity index (χ4n) is 1.79. The summed E-state index contributed by atoms with van der Waals surface area (Å²) in [6.45, 7) is -0.671. The van der Waals surface area contributed by atoms with Crippen LogP contribution < -0.4 is 11.3 Å². The van der Waals surface area contributed by atoms with Gasteiger partial charge in [-0.3, -0.25) is 9.36 Å². The summed E-state index contributed by atoms with van der Waals surface area (Å²) in [6, 6.07) is 6.41. The van der Waals surface area contributed by atoms with Gasteiger partial charge < -0.3 is 5.73 Å². The van der Waals surface area contributed by atoms with Gasteiger partial charge in [-0.25, -0.2) is 4.98 Å². The predicted molar refractivity (Wildman–Crippen MR) is 72.3 cm³/mol. The van der Waals surface area contributed by atoms with Gasteiger partial charge in [0.2, 0.25) is 0 Å². The molecule has 0 aliphatic carbocycles. The van der Waals surface area contributed by atoms with E-state index in [9.17, 15) is 18.0 Å². The average Bonchev–Trinajstić information content (AvgIpc) is 2.36. The molecule has 8 heteroatoms. The molecular weight excluding hydrogens is 291 g/mol. The number of hydrogen-bond donors (Lipinski definition) is 1. The molecule has 0 saturated carbocycles. The number of halogens is 3. The van der Waals surface area contributed by atoms with E-state index in [0.717, 1.165) is 10.9 Å². The van der Waals surface area contributed by atoms with Gasteiger partial charge in [0.05, 0.1) is 22.2 Å². The van der Waals surface area contributed by atoms with E-state index in [2.05, 4.69) is 17.2 Å². The standard InChI is InChI=1S/C12H10F3N3OS/c13-12(14,15)8(10(16)20)5-18-6-17-9-4-2-1-3-7(9)11(18)19/h1-4,6,8H,5H2,(H2,16,20). The second kappa shape index (κ2) is 5.20. The minimum atomic E-state index is -4.60. The summed E-state index contributed by atoms with van der Waals surface area (Å²) in [5, 5.41) is 0.249. The molecule has 2 aromatic rings. The van der Waals surface area contributed by atoms with E-state index < -0.39 is 29.2 Å². The van der Waals surface area contributed by atoms with Crippen LogP contribution in [0.3, 0.4) is 0 Å². The molecule has 1 aromatic carbocycles. The number of thiocarbonyl (C=S) groups is 1. The largest absolute Gasteiger partial charge is 0.399 e. The lowest BCUT2D eigenvalue weighted by molar-refractivity contribution is -0.158. The first-order valence-electron chi connectivity index (χ1n) is 5.61. The molecule has 4 nitrogen and oxygen atoms in total. The van der Waals surface area contributed by atoms with Crippen LogP contribution in [0.15, 0.2) is 35.4 Å². The van der Waals surface area contributed by atoms with Crippen LogP contribution in [0.25, 0.3) is 10.9 Å². The lowest BCUT2D eigenvalue weighted by atomic mass is 10.1. The van der Waals surface area contributed by atoms with Crippen LogP contribution in [0, 0.1) is 5.92 Å². The Morgan fingerprint density at radius 3 is 2.65 bits per heavy atom. The van der Waals surface area contributed by atoms with Crippen molar-refractivity contribution in [2.75, 3.05) is 0 Å². The minimum Gasteiger partial charge on any atom is -0.393 e. The van der Waals surface area contributed by atoms with Crippen LogP contribution in [0.4, 0.5) is 13.2 Å². The van der Waals surface area contributed by atoms with Crippen molar-refractivity contribution in [3.8, 4) is 0 Å². The molecule has 0 spiro atoms. The Bertz CT molecular complexity index is 711. The van der Waals surface area contributed by atoms with Gasteiger partial charge in [0.1, 0.15) is 5.92 Å². The number of alkyl halides is 3. The van der Waals surface area contributed by atoms with Crippen LogP contribution in [-0.4, -0.2) is 20.7 Å².